The van der Waals surface area contributed by atoms with Crippen molar-refractivity contribution in [2.75, 3.05) is 72.8 Å². The highest BCUT2D eigenvalue weighted by Crippen LogP contribution is 2.38. The number of nitrogens with one attached hydrogen (secondary N) is 10. The van der Waals surface area contributed by atoms with Gasteiger partial charge in [0, 0.05) is 88.4 Å². The van der Waals surface area contributed by atoms with E-state index in [1.807, 2.05) is 9.80 Å². The smallest absolute Gasteiger partial charge is 0.315 e. The SMILES string of the molecule is CCC(=O)N[C@H]1C[C@@H](n2cnc3c(NC4CCC(Nc5nc(N6CC[C@@H](NC(=O)N[C@@H]7CCNC7)C6)nc6c5ncn6[C@@H]5C[C@H](NC(=O)CC)[C@@H](O)[C@H]5O)CC4)nc(N4CC[C@@H](NC(=O)N[C@@H]5CCNC5)C4)nc32)[C@H](O)[C@@H]1O. The molecule has 3 aliphatic carbocycles. The second-order valence-corrected chi connectivity index (χ2v) is 22.3. The lowest BCUT2D eigenvalue weighted by Gasteiger charge is -2.31. The average molecular weight is 1090 g/mol. The van der Waals surface area contributed by atoms with E-state index < -0.39 is 48.6 Å². The number of carbonyl (C=O) groups is 4. The van der Waals surface area contributed by atoms with E-state index in [2.05, 4.69) is 53.2 Å². The molecule has 78 heavy (non-hydrogen) atoms. The minimum Gasteiger partial charge on any atom is -0.388 e. The summed E-state index contributed by atoms with van der Waals surface area (Å²) in [7, 11) is 0. The molecule has 6 amide bonds. The Morgan fingerprint density at radius 2 is 0.936 bits per heavy atom. The third kappa shape index (κ3) is 11.4. The van der Waals surface area contributed by atoms with Gasteiger partial charge in [0.2, 0.25) is 23.7 Å². The van der Waals surface area contributed by atoms with Crippen molar-refractivity contribution in [1.82, 2.24) is 81.6 Å². The monoisotopic (exact) mass is 1080 g/mol. The van der Waals surface area contributed by atoms with Crippen LogP contribution in [0.15, 0.2) is 12.7 Å². The molecule has 28 nitrogen and oxygen atoms in total. The number of aliphatic hydroxyl groups is 4. The third-order valence-electron chi connectivity index (χ3n) is 17.0. The summed E-state index contributed by atoms with van der Waals surface area (Å²) in [4.78, 5) is 84.7. The number of aromatic nitrogens is 8. The number of aliphatic hydroxyl groups excluding tert-OH is 4. The zero-order valence-electron chi connectivity index (χ0n) is 44.3. The van der Waals surface area contributed by atoms with Crippen molar-refractivity contribution in [3.63, 3.8) is 0 Å². The van der Waals surface area contributed by atoms with Gasteiger partial charge in [-0.3, -0.25) is 9.59 Å². The Kier molecular flexibility index (Phi) is 15.9. The van der Waals surface area contributed by atoms with Crippen molar-refractivity contribution in [2.45, 2.75) is 176 Å². The van der Waals surface area contributed by atoms with Gasteiger partial charge in [0.15, 0.2) is 34.0 Å². The average Bonchev–Trinajstić information content (AvgIpc) is 4.35. The molecule has 8 heterocycles. The van der Waals surface area contributed by atoms with Gasteiger partial charge < -0.3 is 92.5 Å². The minimum absolute atomic E-state index is 0.0266. The maximum Gasteiger partial charge on any atom is 0.315 e. The zero-order chi connectivity index (χ0) is 54.2. The summed E-state index contributed by atoms with van der Waals surface area (Å²) in [6.45, 7) is 8.80. The summed E-state index contributed by atoms with van der Waals surface area (Å²) >= 11 is 0. The molecule has 0 spiro atoms. The Morgan fingerprint density at radius 3 is 1.32 bits per heavy atom. The number of nitrogens with zero attached hydrogens (tertiary/aromatic N) is 10. The van der Waals surface area contributed by atoms with Gasteiger partial charge in [0.05, 0.1) is 36.8 Å². The van der Waals surface area contributed by atoms with E-state index in [0.717, 1.165) is 64.7 Å². The van der Waals surface area contributed by atoms with E-state index in [1.54, 1.807) is 35.6 Å². The van der Waals surface area contributed by atoms with E-state index in [-0.39, 0.29) is 85.8 Å². The highest BCUT2D eigenvalue weighted by Gasteiger charge is 2.46. The Balaban J connectivity index is 0.817. The van der Waals surface area contributed by atoms with Gasteiger partial charge >= 0.3 is 12.1 Å². The van der Waals surface area contributed by atoms with Gasteiger partial charge in [0.1, 0.15) is 24.4 Å². The molecule has 14 N–H and O–H groups in total. The predicted octanol–water partition coefficient (Wildman–Crippen LogP) is -1.60. The first-order valence-corrected chi connectivity index (χ1v) is 28.2. The summed E-state index contributed by atoms with van der Waals surface area (Å²) in [5, 5.41) is 77.0. The molecule has 7 aliphatic rings. The van der Waals surface area contributed by atoms with E-state index in [9.17, 15) is 39.6 Å². The van der Waals surface area contributed by atoms with Crippen LogP contribution in [0.3, 0.4) is 0 Å². The van der Waals surface area contributed by atoms with Gasteiger partial charge in [-0.05, 0) is 77.3 Å². The molecule has 7 fully saturated rings. The van der Waals surface area contributed by atoms with E-state index >= 15 is 0 Å². The summed E-state index contributed by atoms with van der Waals surface area (Å²) in [5.41, 5.74) is 1.93. The summed E-state index contributed by atoms with van der Waals surface area (Å²) in [6, 6.07) is -3.19. The summed E-state index contributed by atoms with van der Waals surface area (Å²) < 4.78 is 3.54. The number of hydrogen-bond acceptors (Lipinski definition) is 20. The zero-order valence-corrected chi connectivity index (χ0v) is 44.3. The van der Waals surface area contributed by atoms with Crippen molar-refractivity contribution < 1.29 is 39.6 Å². The maximum atomic E-state index is 13.0. The number of anilines is 4. The first kappa shape index (κ1) is 53.5. The molecule has 0 aromatic carbocycles. The van der Waals surface area contributed by atoms with Crippen LogP contribution < -0.4 is 63.0 Å². The summed E-state index contributed by atoms with van der Waals surface area (Å²) in [6.07, 6.45) is 5.48. The molecule has 4 aliphatic heterocycles. The van der Waals surface area contributed by atoms with Crippen molar-refractivity contribution in [1.29, 1.82) is 0 Å². The topological polar surface area (TPSA) is 363 Å². The highest BCUT2D eigenvalue weighted by atomic mass is 16.3. The van der Waals surface area contributed by atoms with Crippen molar-refractivity contribution in [3.8, 4) is 0 Å². The second kappa shape index (κ2) is 23.1. The molecule has 4 aromatic rings. The van der Waals surface area contributed by atoms with Crippen LogP contribution in [0.2, 0.25) is 0 Å². The molecular formula is C50H76N20O8. The number of amides is 6. The predicted molar refractivity (Wildman–Crippen MR) is 287 cm³/mol. The van der Waals surface area contributed by atoms with Crippen molar-refractivity contribution in [3.05, 3.63) is 12.7 Å². The molecular weight excluding hydrogens is 1010 g/mol. The molecule has 0 unspecified atom stereocenters. The van der Waals surface area contributed by atoms with E-state index in [0.29, 0.717) is 84.9 Å². The van der Waals surface area contributed by atoms with Crippen LogP contribution in [0.4, 0.5) is 33.1 Å². The van der Waals surface area contributed by atoms with Crippen LogP contribution in [0.1, 0.15) is 103 Å². The molecule has 424 valence electrons. The number of urea groups is 2. The molecule has 0 radical (unpaired) electrons. The Bertz CT molecular complexity index is 2610. The van der Waals surface area contributed by atoms with Gasteiger partial charge in [-0.2, -0.15) is 19.9 Å². The number of carbonyl (C=O) groups excluding carboxylic acids is 4. The molecule has 4 aromatic heterocycles. The molecule has 12 atom stereocenters. The van der Waals surface area contributed by atoms with Crippen molar-refractivity contribution >= 4 is 69.7 Å². The third-order valence-corrected chi connectivity index (χ3v) is 17.0. The standard InChI is InChI=1S/C50H76N20O8/c1-3-35(71)61-31-17-33(41(75)39(31)73)69-23-53-37-43(63-47(65-45(37)69)67-15-11-29(21-67)59-49(77)57-27-9-13-51-19-27)55-25-5-7-26(8-6-25)56-44-38-46(70(24-54-38)34-18-32(40(74)42(34)76)62-36(72)4-2)66-48(64-44)68-16-12-30(22-68)60-50(78)58-28-10-14-52-20-28/h23-34,39-42,51-52,73-76H,3-22H2,1-2H3,(H,61,71)(H,62,72)(H,55,63,65)(H,56,64,66)(H2,57,59,77)(H2,58,60,78)/t25?,26?,27-,28-,29-,30-,31+,32+,33-,34-,39-,40-,41+,42+/m1/s1. The van der Waals surface area contributed by atoms with E-state index in [4.69, 9.17) is 29.9 Å². The molecule has 0 bridgehead atoms. The first-order chi connectivity index (χ1) is 37.8. The molecule has 4 saturated heterocycles. The number of hydrogen-bond donors (Lipinski definition) is 14. The fraction of sp³-hybridized carbons (Fsp3) is 0.720. The Morgan fingerprint density at radius 1 is 0.526 bits per heavy atom. The largest absolute Gasteiger partial charge is 0.388 e. The van der Waals surface area contributed by atoms with Gasteiger partial charge in [0.25, 0.3) is 0 Å². The van der Waals surface area contributed by atoms with Gasteiger partial charge in [-0.25, -0.2) is 19.6 Å². The van der Waals surface area contributed by atoms with Crippen molar-refractivity contribution in [2.24, 2.45) is 0 Å². The summed E-state index contributed by atoms with van der Waals surface area (Å²) in [5.74, 6) is 1.47. The lowest BCUT2D eigenvalue weighted by molar-refractivity contribution is -0.123. The minimum atomic E-state index is -1.20. The quantitative estimate of drug-likeness (QED) is 0.0601. The lowest BCUT2D eigenvalue weighted by Crippen LogP contribution is -2.47. The molecule has 3 saturated carbocycles. The fourth-order valence-electron chi connectivity index (χ4n) is 12.5. The van der Waals surface area contributed by atoms with Crippen LogP contribution in [-0.4, -0.2) is 208 Å². The normalized spacial score (nSPS) is 32.0. The van der Waals surface area contributed by atoms with Crippen LogP contribution in [-0.2, 0) is 9.59 Å². The fourth-order valence-corrected chi connectivity index (χ4v) is 12.5. The molecule has 28 heteroatoms. The number of rotatable bonds is 16. The van der Waals surface area contributed by atoms with Crippen LogP contribution in [0, 0.1) is 0 Å². The number of imidazole rings is 2. The van der Waals surface area contributed by atoms with Crippen LogP contribution in [0.25, 0.3) is 22.3 Å². The second-order valence-electron chi connectivity index (χ2n) is 22.3. The van der Waals surface area contributed by atoms with Crippen LogP contribution >= 0.6 is 0 Å². The Labute approximate surface area is 450 Å². The lowest BCUT2D eigenvalue weighted by atomic mass is 9.91. The highest BCUT2D eigenvalue weighted by molar-refractivity contribution is 5.86. The van der Waals surface area contributed by atoms with E-state index in [1.165, 1.54) is 0 Å². The Hall–Kier alpha value is -6.46. The van der Waals surface area contributed by atoms with Gasteiger partial charge in [-0.15, -0.1) is 0 Å². The molecule has 11 rings (SSSR count). The number of fused-ring (bicyclic) bond motifs is 2. The van der Waals surface area contributed by atoms with Crippen LogP contribution in [0.5, 0.6) is 0 Å². The first-order valence-electron chi connectivity index (χ1n) is 28.2. The van der Waals surface area contributed by atoms with Gasteiger partial charge in [-0.1, -0.05) is 13.8 Å². The maximum absolute atomic E-state index is 13.0.